The summed E-state index contributed by atoms with van der Waals surface area (Å²) in [5, 5.41) is 3.29. The summed E-state index contributed by atoms with van der Waals surface area (Å²) in [5.41, 5.74) is 8.52. The lowest BCUT2D eigenvalue weighted by molar-refractivity contribution is 0.415. The van der Waals surface area contributed by atoms with Crippen LogP contribution in [0.15, 0.2) is 30.7 Å². The van der Waals surface area contributed by atoms with Crippen LogP contribution in [0.5, 0.6) is 5.75 Å². The van der Waals surface area contributed by atoms with Gasteiger partial charge in [-0.25, -0.2) is 4.98 Å². The van der Waals surface area contributed by atoms with E-state index in [9.17, 15) is 0 Å². The second-order valence-electron chi connectivity index (χ2n) is 3.75. The van der Waals surface area contributed by atoms with Crippen molar-refractivity contribution in [2.75, 3.05) is 24.7 Å². The molecule has 0 radical (unpaired) electrons. The standard InChI is InChI=1S/C12H16N4O/c1-17-12-5-9(13)4-11(6-12)15-3-2-10-7-14-8-16-10/h4-8,15H,2-3,13H2,1H3,(H,14,16). The minimum absolute atomic E-state index is 0.688. The Morgan fingerprint density at radius 1 is 1.41 bits per heavy atom. The Balaban J connectivity index is 1.92. The topological polar surface area (TPSA) is 76.0 Å². The van der Waals surface area contributed by atoms with E-state index in [1.54, 1.807) is 19.5 Å². The number of nitrogens with one attached hydrogen (secondary N) is 2. The van der Waals surface area contributed by atoms with Gasteiger partial charge in [0, 0.05) is 48.4 Å². The van der Waals surface area contributed by atoms with Crippen LogP contribution in [0.2, 0.25) is 0 Å². The predicted octanol–water partition coefficient (Wildman–Crippen LogP) is 1.66. The average Bonchev–Trinajstić information content (AvgIpc) is 2.81. The average molecular weight is 232 g/mol. The lowest BCUT2D eigenvalue weighted by Crippen LogP contribution is -2.05. The summed E-state index contributed by atoms with van der Waals surface area (Å²) >= 11 is 0. The number of nitrogen functional groups attached to an aromatic ring is 1. The van der Waals surface area contributed by atoms with Gasteiger partial charge in [0.25, 0.3) is 0 Å². The van der Waals surface area contributed by atoms with Gasteiger partial charge in [-0.2, -0.15) is 0 Å². The molecule has 0 aliphatic heterocycles. The van der Waals surface area contributed by atoms with Crippen LogP contribution in [0.4, 0.5) is 11.4 Å². The van der Waals surface area contributed by atoms with Gasteiger partial charge in [-0.1, -0.05) is 0 Å². The smallest absolute Gasteiger partial charge is 0.122 e. The molecule has 0 spiro atoms. The Hall–Kier alpha value is -2.17. The highest BCUT2D eigenvalue weighted by Gasteiger charge is 1.99. The van der Waals surface area contributed by atoms with Crippen LogP contribution in [0.1, 0.15) is 5.69 Å². The SMILES string of the molecule is COc1cc(N)cc(NCCc2cnc[nH]2)c1. The first-order valence-corrected chi connectivity index (χ1v) is 5.43. The van der Waals surface area contributed by atoms with E-state index >= 15 is 0 Å². The van der Waals surface area contributed by atoms with Gasteiger partial charge in [-0.05, 0) is 6.07 Å². The molecule has 0 saturated carbocycles. The molecule has 0 unspecified atom stereocenters. The number of aromatic amines is 1. The van der Waals surface area contributed by atoms with Crippen LogP contribution >= 0.6 is 0 Å². The van der Waals surface area contributed by atoms with Gasteiger partial charge in [-0.3, -0.25) is 0 Å². The number of nitrogens with zero attached hydrogens (tertiary/aromatic N) is 1. The number of anilines is 2. The summed E-state index contributed by atoms with van der Waals surface area (Å²) in [4.78, 5) is 7.02. The molecule has 0 aliphatic rings. The number of ether oxygens (including phenoxy) is 1. The van der Waals surface area contributed by atoms with Crippen LogP contribution < -0.4 is 15.8 Å². The Morgan fingerprint density at radius 3 is 3.00 bits per heavy atom. The molecule has 4 N–H and O–H groups in total. The molecule has 0 amide bonds. The molecule has 0 aliphatic carbocycles. The molecule has 2 rings (SSSR count). The van der Waals surface area contributed by atoms with Crippen LogP contribution in [-0.2, 0) is 6.42 Å². The molecule has 1 aromatic heterocycles. The predicted molar refractivity (Wildman–Crippen MR) is 68.2 cm³/mol. The van der Waals surface area contributed by atoms with E-state index in [4.69, 9.17) is 10.5 Å². The van der Waals surface area contributed by atoms with Gasteiger partial charge in [0.05, 0.1) is 13.4 Å². The maximum Gasteiger partial charge on any atom is 0.122 e. The summed E-state index contributed by atoms with van der Waals surface area (Å²) < 4.78 is 5.15. The van der Waals surface area contributed by atoms with E-state index in [0.29, 0.717) is 5.69 Å². The lowest BCUT2D eigenvalue weighted by Gasteiger charge is -2.08. The Bertz CT molecular complexity index is 467. The van der Waals surface area contributed by atoms with E-state index in [-0.39, 0.29) is 0 Å². The van der Waals surface area contributed by atoms with E-state index in [1.165, 1.54) is 0 Å². The number of hydrogen-bond acceptors (Lipinski definition) is 4. The number of methoxy groups -OCH3 is 1. The van der Waals surface area contributed by atoms with Gasteiger partial charge in [0.15, 0.2) is 0 Å². The van der Waals surface area contributed by atoms with Crippen molar-refractivity contribution in [2.45, 2.75) is 6.42 Å². The highest BCUT2D eigenvalue weighted by atomic mass is 16.5. The summed E-state index contributed by atoms with van der Waals surface area (Å²) in [7, 11) is 1.63. The number of rotatable bonds is 5. The second-order valence-corrected chi connectivity index (χ2v) is 3.75. The number of benzene rings is 1. The van der Waals surface area contributed by atoms with Crippen molar-refractivity contribution in [1.29, 1.82) is 0 Å². The highest BCUT2D eigenvalue weighted by Crippen LogP contribution is 2.21. The summed E-state index contributed by atoms with van der Waals surface area (Å²) in [6.07, 6.45) is 4.39. The molecule has 5 nitrogen and oxygen atoms in total. The normalized spacial score (nSPS) is 10.2. The highest BCUT2D eigenvalue weighted by molar-refractivity contribution is 5.59. The van der Waals surface area contributed by atoms with Crippen molar-refractivity contribution in [3.8, 4) is 5.75 Å². The van der Waals surface area contributed by atoms with Crippen molar-refractivity contribution in [3.05, 3.63) is 36.4 Å². The molecule has 17 heavy (non-hydrogen) atoms. The quantitative estimate of drug-likeness (QED) is 0.685. The molecule has 1 heterocycles. The number of imidazole rings is 1. The minimum atomic E-state index is 0.688. The van der Waals surface area contributed by atoms with E-state index < -0.39 is 0 Å². The van der Waals surface area contributed by atoms with E-state index in [2.05, 4.69) is 15.3 Å². The zero-order valence-corrected chi connectivity index (χ0v) is 9.73. The maximum atomic E-state index is 5.77. The number of hydrogen-bond donors (Lipinski definition) is 3. The first-order valence-electron chi connectivity index (χ1n) is 5.43. The van der Waals surface area contributed by atoms with Gasteiger partial charge in [0.1, 0.15) is 5.75 Å². The summed E-state index contributed by atoms with van der Waals surface area (Å²) in [6, 6.07) is 5.60. The lowest BCUT2D eigenvalue weighted by atomic mass is 10.2. The molecule has 2 aromatic rings. The molecule has 5 heteroatoms. The molecule has 0 atom stereocenters. The van der Waals surface area contributed by atoms with Crippen molar-refractivity contribution in [1.82, 2.24) is 9.97 Å². The number of nitrogens with two attached hydrogens (primary N) is 1. The molecule has 0 bridgehead atoms. The van der Waals surface area contributed by atoms with Gasteiger partial charge >= 0.3 is 0 Å². The molecule has 0 saturated heterocycles. The Morgan fingerprint density at radius 2 is 2.29 bits per heavy atom. The fourth-order valence-electron chi connectivity index (χ4n) is 1.60. The van der Waals surface area contributed by atoms with E-state index in [1.807, 2.05) is 18.3 Å². The first-order chi connectivity index (χ1) is 8.28. The summed E-state index contributed by atoms with van der Waals surface area (Å²) in [6.45, 7) is 0.814. The minimum Gasteiger partial charge on any atom is -0.497 e. The molecule has 1 aromatic carbocycles. The maximum absolute atomic E-state index is 5.77. The monoisotopic (exact) mass is 232 g/mol. The molecule has 0 fully saturated rings. The Kier molecular flexibility index (Phi) is 3.49. The van der Waals surface area contributed by atoms with Crippen LogP contribution in [0.25, 0.3) is 0 Å². The van der Waals surface area contributed by atoms with Gasteiger partial charge in [0.2, 0.25) is 0 Å². The fraction of sp³-hybridized carbons (Fsp3) is 0.250. The molecule has 90 valence electrons. The third-order valence-electron chi connectivity index (χ3n) is 2.44. The summed E-state index contributed by atoms with van der Waals surface area (Å²) in [5.74, 6) is 0.758. The second kappa shape index (κ2) is 5.25. The number of H-pyrrole nitrogens is 1. The zero-order chi connectivity index (χ0) is 12.1. The third-order valence-corrected chi connectivity index (χ3v) is 2.44. The largest absolute Gasteiger partial charge is 0.497 e. The van der Waals surface area contributed by atoms with Crippen molar-refractivity contribution >= 4 is 11.4 Å². The van der Waals surface area contributed by atoms with E-state index in [0.717, 1.165) is 30.1 Å². The molecular weight excluding hydrogens is 216 g/mol. The fourth-order valence-corrected chi connectivity index (χ4v) is 1.60. The third kappa shape index (κ3) is 3.14. The first kappa shape index (κ1) is 11.3. The van der Waals surface area contributed by atoms with Gasteiger partial charge < -0.3 is 20.8 Å². The van der Waals surface area contributed by atoms with Crippen LogP contribution in [0.3, 0.4) is 0 Å². The van der Waals surface area contributed by atoms with Crippen molar-refractivity contribution < 1.29 is 4.74 Å². The Labute approximate surface area is 100 Å². The zero-order valence-electron chi connectivity index (χ0n) is 9.73. The van der Waals surface area contributed by atoms with Crippen LogP contribution in [0, 0.1) is 0 Å². The van der Waals surface area contributed by atoms with Crippen molar-refractivity contribution in [2.24, 2.45) is 0 Å². The van der Waals surface area contributed by atoms with Crippen LogP contribution in [-0.4, -0.2) is 23.6 Å². The molecular formula is C12H16N4O. The number of aromatic nitrogens is 2. The van der Waals surface area contributed by atoms with Gasteiger partial charge in [-0.15, -0.1) is 0 Å². The van der Waals surface area contributed by atoms with Crippen molar-refractivity contribution in [3.63, 3.8) is 0 Å².